The first kappa shape index (κ1) is 53.0. The van der Waals surface area contributed by atoms with E-state index in [-0.39, 0.29) is 23.3 Å². The minimum atomic E-state index is -3.82. The largest absolute Gasteiger partial charge is 0.481 e. The van der Waals surface area contributed by atoms with Crippen molar-refractivity contribution in [3.8, 4) is 46.2 Å². The Bertz CT molecular complexity index is 3140. The Morgan fingerprint density at radius 1 is 0.514 bits per heavy atom. The van der Waals surface area contributed by atoms with Crippen molar-refractivity contribution in [2.75, 3.05) is 28.4 Å². The van der Waals surface area contributed by atoms with Crippen LogP contribution in [0.3, 0.4) is 0 Å². The van der Waals surface area contributed by atoms with Gasteiger partial charge < -0.3 is 18.9 Å². The number of hydrogen-bond donors (Lipinski definition) is 0. The van der Waals surface area contributed by atoms with Gasteiger partial charge in [-0.05, 0) is 75.2 Å². The number of para-hydroxylation sites is 2. The van der Waals surface area contributed by atoms with Crippen molar-refractivity contribution in [2.45, 2.75) is 61.9 Å². The first-order valence-corrected chi connectivity index (χ1v) is 26.2. The molecule has 0 amide bonds. The normalized spacial score (nSPS) is 13.4. The van der Waals surface area contributed by atoms with Crippen molar-refractivity contribution in [1.29, 1.82) is 0 Å². The van der Waals surface area contributed by atoms with Crippen molar-refractivity contribution in [2.24, 2.45) is 0 Å². The van der Waals surface area contributed by atoms with Gasteiger partial charge in [-0.25, -0.2) is 46.7 Å². The molecule has 0 aliphatic carbocycles. The second kappa shape index (κ2) is 23.2. The van der Waals surface area contributed by atoms with Gasteiger partial charge in [0, 0.05) is 51.1 Å². The molecule has 0 bridgehead atoms. The van der Waals surface area contributed by atoms with E-state index in [1.165, 1.54) is 28.4 Å². The fourth-order valence-corrected chi connectivity index (χ4v) is 10.6. The lowest BCUT2D eigenvalue weighted by molar-refractivity contribution is 0.0947. The van der Waals surface area contributed by atoms with Crippen LogP contribution in [0.4, 0.5) is 0 Å². The second-order valence-electron chi connectivity index (χ2n) is 16.2. The van der Waals surface area contributed by atoms with E-state index in [1.807, 2.05) is 13.8 Å². The topological polar surface area (TPSA) is 244 Å². The quantitative estimate of drug-likeness (QED) is 0.0804. The number of sulfone groups is 2. The standard InChI is InChI=1S/2C24H25ClN6O4S/c2*1-15-12-26-23(27-13-15)22(35-4)16(2)36(32,33)14-20-29-30-24(18-9-7-11-21(28-18)34-3)31(20)19-10-6-5-8-17(19)25/h2*5-13,16,22H,14H2,1-4H3/t2*16-,22-/m00/s1. The van der Waals surface area contributed by atoms with Crippen LogP contribution in [-0.2, 0) is 40.7 Å². The maximum absolute atomic E-state index is 13.6. The van der Waals surface area contributed by atoms with Crippen LogP contribution in [0.1, 0.15) is 60.5 Å². The highest BCUT2D eigenvalue weighted by atomic mass is 35.5. The number of halogens is 2. The fraction of sp³-hybridized carbons (Fsp3) is 0.292. The zero-order valence-corrected chi connectivity index (χ0v) is 43.5. The third-order valence-electron chi connectivity index (χ3n) is 11.2. The molecule has 0 fully saturated rings. The Morgan fingerprint density at radius 2 is 0.875 bits per heavy atom. The third-order valence-corrected chi connectivity index (χ3v) is 16.0. The Hall–Kier alpha value is -6.82. The Morgan fingerprint density at radius 3 is 1.21 bits per heavy atom. The molecule has 8 rings (SSSR count). The molecule has 376 valence electrons. The number of aryl methyl sites for hydroxylation is 2. The molecule has 0 radical (unpaired) electrons. The minimum absolute atomic E-state index is 0.175. The van der Waals surface area contributed by atoms with Crippen LogP contribution >= 0.6 is 23.2 Å². The van der Waals surface area contributed by atoms with E-state index in [0.29, 0.717) is 56.2 Å². The Labute approximate surface area is 426 Å². The average Bonchev–Trinajstić information content (AvgIpc) is 3.99. The molecule has 0 saturated carbocycles. The highest BCUT2D eigenvalue weighted by Crippen LogP contribution is 2.33. The molecule has 2 aromatic carbocycles. The van der Waals surface area contributed by atoms with Crippen molar-refractivity contribution in [3.63, 3.8) is 0 Å². The summed E-state index contributed by atoms with van der Waals surface area (Å²) in [6.07, 6.45) is 4.74. The number of aromatic nitrogens is 12. The molecule has 0 saturated heterocycles. The van der Waals surface area contributed by atoms with Crippen molar-refractivity contribution in [3.05, 3.63) is 154 Å². The SMILES string of the molecule is COc1cccc(-c2nnc(CS(=O)(=O)[C@@H](C)[C@H](OC)c3ncc(C)cn3)n2-c2ccccc2Cl)n1.COc1cccc(-c2nnc(CS(=O)(=O)[C@@H](C)[C@H](OC)c3ncc(C)cn3)n2-c2ccccc2Cl)n1. The van der Waals surface area contributed by atoms with Gasteiger partial charge in [-0.3, -0.25) is 9.13 Å². The van der Waals surface area contributed by atoms with Crippen LogP contribution in [0, 0.1) is 13.8 Å². The molecule has 0 aliphatic rings. The van der Waals surface area contributed by atoms with Crippen LogP contribution in [0.25, 0.3) is 34.4 Å². The van der Waals surface area contributed by atoms with Gasteiger partial charge in [-0.2, -0.15) is 0 Å². The first-order chi connectivity index (χ1) is 34.5. The van der Waals surface area contributed by atoms with E-state index in [9.17, 15) is 16.8 Å². The van der Waals surface area contributed by atoms with Gasteiger partial charge in [-0.15, -0.1) is 20.4 Å². The van der Waals surface area contributed by atoms with E-state index in [0.717, 1.165) is 11.1 Å². The van der Waals surface area contributed by atoms with Crippen molar-refractivity contribution in [1.82, 2.24) is 59.4 Å². The van der Waals surface area contributed by atoms with E-state index in [1.54, 1.807) is 133 Å². The number of rotatable bonds is 18. The van der Waals surface area contributed by atoms with Crippen molar-refractivity contribution >= 4 is 42.9 Å². The third kappa shape index (κ3) is 11.9. The van der Waals surface area contributed by atoms with Gasteiger partial charge in [0.05, 0.1) is 46.1 Å². The molecule has 6 heterocycles. The number of hydrogen-bond acceptors (Lipinski definition) is 18. The number of nitrogens with zero attached hydrogens (tertiary/aromatic N) is 12. The smallest absolute Gasteiger partial charge is 0.213 e. The van der Waals surface area contributed by atoms with E-state index in [4.69, 9.17) is 42.1 Å². The minimum Gasteiger partial charge on any atom is -0.481 e. The summed E-state index contributed by atoms with van der Waals surface area (Å²) in [6.45, 7) is 6.82. The van der Waals surface area contributed by atoms with Crippen LogP contribution in [0.15, 0.2) is 110 Å². The maximum atomic E-state index is 13.6. The Balaban J connectivity index is 0.000000211. The summed E-state index contributed by atoms with van der Waals surface area (Å²) in [5.41, 5.74) is 3.65. The van der Waals surface area contributed by atoms with Gasteiger partial charge in [-0.1, -0.05) is 59.6 Å². The van der Waals surface area contributed by atoms with Crippen molar-refractivity contribution < 1.29 is 35.8 Å². The van der Waals surface area contributed by atoms with Gasteiger partial charge in [0.15, 0.2) is 54.6 Å². The molecule has 0 N–H and O–H groups in total. The zero-order chi connectivity index (χ0) is 51.7. The monoisotopic (exact) mass is 1060 g/mol. The number of ether oxygens (including phenoxy) is 4. The summed E-state index contributed by atoms with van der Waals surface area (Å²) in [6, 6.07) is 24.5. The first-order valence-electron chi connectivity index (χ1n) is 22.0. The molecule has 24 heteroatoms. The van der Waals surface area contributed by atoms with Crippen LogP contribution in [0.2, 0.25) is 10.0 Å². The van der Waals surface area contributed by atoms with Gasteiger partial charge >= 0.3 is 0 Å². The molecule has 8 aromatic rings. The fourth-order valence-electron chi connectivity index (χ4n) is 7.34. The molecule has 0 unspecified atom stereocenters. The summed E-state index contributed by atoms with van der Waals surface area (Å²) >= 11 is 13.0. The maximum Gasteiger partial charge on any atom is 0.213 e. The summed E-state index contributed by atoms with van der Waals surface area (Å²) < 4.78 is 79.0. The molecular weight excluding hydrogens is 1010 g/mol. The summed E-state index contributed by atoms with van der Waals surface area (Å²) in [5.74, 6) is 1.47. The van der Waals surface area contributed by atoms with E-state index < -0.39 is 53.9 Å². The summed E-state index contributed by atoms with van der Waals surface area (Å²) in [7, 11) is -1.77. The molecule has 4 atom stereocenters. The molecule has 20 nitrogen and oxygen atoms in total. The van der Waals surface area contributed by atoms with Gasteiger partial charge in [0.25, 0.3) is 0 Å². The molecule has 0 aliphatic heterocycles. The van der Waals surface area contributed by atoms with Crippen LogP contribution in [0.5, 0.6) is 11.8 Å². The molecule has 6 aromatic heterocycles. The number of methoxy groups -OCH3 is 4. The summed E-state index contributed by atoms with van der Waals surface area (Å²) in [5, 5.41) is 15.8. The predicted octanol–water partition coefficient (Wildman–Crippen LogP) is 7.56. The molecule has 0 spiro atoms. The lowest BCUT2D eigenvalue weighted by Crippen LogP contribution is -2.30. The van der Waals surface area contributed by atoms with Gasteiger partial charge in [0.2, 0.25) is 11.8 Å². The lowest BCUT2D eigenvalue weighted by Gasteiger charge is -2.21. The second-order valence-corrected chi connectivity index (χ2v) is 21.7. The molecule has 72 heavy (non-hydrogen) atoms. The highest BCUT2D eigenvalue weighted by Gasteiger charge is 2.36. The average molecular weight is 1060 g/mol. The number of pyridine rings is 2. The van der Waals surface area contributed by atoms with Crippen LogP contribution < -0.4 is 9.47 Å². The summed E-state index contributed by atoms with van der Waals surface area (Å²) in [4.78, 5) is 25.9. The van der Waals surface area contributed by atoms with E-state index in [2.05, 4.69) is 50.3 Å². The number of benzene rings is 2. The molecular formula is C48H50Cl2N12O8S2. The highest BCUT2D eigenvalue weighted by molar-refractivity contribution is 7.91. The Kier molecular flexibility index (Phi) is 17.0. The zero-order valence-electron chi connectivity index (χ0n) is 40.3. The predicted molar refractivity (Wildman–Crippen MR) is 270 cm³/mol. The van der Waals surface area contributed by atoms with Gasteiger partial charge in [0.1, 0.15) is 35.1 Å². The lowest BCUT2D eigenvalue weighted by atomic mass is 10.2. The van der Waals surface area contributed by atoms with Crippen LogP contribution in [-0.4, -0.2) is 115 Å². The van der Waals surface area contributed by atoms with E-state index >= 15 is 0 Å².